The number of amides is 2. The number of nitrogens with one attached hydrogen (secondary N) is 2. The summed E-state index contributed by atoms with van der Waals surface area (Å²) < 4.78 is 10.8. The van der Waals surface area contributed by atoms with Gasteiger partial charge in [0.1, 0.15) is 18.5 Å². The Hall–Kier alpha value is -2.61. The van der Waals surface area contributed by atoms with Gasteiger partial charge in [0.15, 0.2) is 0 Å². The Morgan fingerprint density at radius 1 is 1.11 bits per heavy atom. The summed E-state index contributed by atoms with van der Waals surface area (Å²) in [5.74, 6) is 0.245. The molecule has 150 valence electrons. The minimum absolute atomic E-state index is 0. The normalized spacial score (nSPS) is 15.4. The highest BCUT2D eigenvalue weighted by molar-refractivity contribution is 6.05. The zero-order valence-corrected chi connectivity index (χ0v) is 16.2. The van der Waals surface area contributed by atoms with Crippen LogP contribution in [-0.4, -0.2) is 37.7 Å². The first-order chi connectivity index (χ1) is 13.2. The monoisotopic (exact) mass is 405 g/mol. The van der Waals surface area contributed by atoms with Gasteiger partial charge in [-0.2, -0.15) is 0 Å². The lowest BCUT2D eigenvalue weighted by molar-refractivity contribution is -0.124. The smallest absolute Gasteiger partial charge is 0.255 e. The second-order valence-electron chi connectivity index (χ2n) is 6.19. The maximum absolute atomic E-state index is 12.5. The molecule has 4 N–H and O–H groups in total. The average molecular weight is 406 g/mol. The fraction of sp³-hybridized carbons (Fsp3) is 0.300. The van der Waals surface area contributed by atoms with Crippen LogP contribution in [0.2, 0.25) is 0 Å². The molecule has 0 spiro atoms. The molecule has 1 unspecified atom stereocenters. The minimum atomic E-state index is -0.414. The number of anilines is 2. The third-order valence-electron chi connectivity index (χ3n) is 4.11. The van der Waals surface area contributed by atoms with Crippen molar-refractivity contribution in [3.8, 4) is 5.75 Å². The molecule has 1 aliphatic rings. The number of halogens is 1. The van der Waals surface area contributed by atoms with Gasteiger partial charge in [-0.15, -0.1) is 12.4 Å². The van der Waals surface area contributed by atoms with E-state index in [4.69, 9.17) is 15.2 Å². The molecule has 8 heteroatoms. The zero-order valence-electron chi connectivity index (χ0n) is 15.4. The Morgan fingerprint density at radius 2 is 1.89 bits per heavy atom. The molecular formula is C20H24ClN3O4. The molecule has 1 saturated heterocycles. The molecule has 1 heterocycles. The zero-order chi connectivity index (χ0) is 19.1. The molecule has 1 fully saturated rings. The maximum Gasteiger partial charge on any atom is 0.255 e. The number of rotatable bonds is 7. The van der Waals surface area contributed by atoms with E-state index < -0.39 is 6.10 Å². The van der Waals surface area contributed by atoms with Gasteiger partial charge in [0, 0.05) is 30.1 Å². The highest BCUT2D eigenvalue weighted by Gasteiger charge is 2.23. The summed E-state index contributed by atoms with van der Waals surface area (Å²) >= 11 is 0. The van der Waals surface area contributed by atoms with Crippen molar-refractivity contribution in [1.29, 1.82) is 0 Å². The number of benzene rings is 2. The molecule has 3 rings (SSSR count). The van der Waals surface area contributed by atoms with Gasteiger partial charge in [0.25, 0.3) is 11.8 Å². The van der Waals surface area contributed by atoms with Crippen molar-refractivity contribution in [3.63, 3.8) is 0 Å². The van der Waals surface area contributed by atoms with E-state index in [9.17, 15) is 9.59 Å². The molecule has 0 saturated carbocycles. The quantitative estimate of drug-likeness (QED) is 0.657. The SMILES string of the molecule is Cl.NCCOc1ccc(NC(=O)c2cccc(NC(=O)C3CCCO3)c2)cc1. The average Bonchev–Trinajstić information content (AvgIpc) is 3.23. The van der Waals surface area contributed by atoms with E-state index in [0.717, 1.165) is 12.8 Å². The van der Waals surface area contributed by atoms with Crippen molar-refractivity contribution in [2.45, 2.75) is 18.9 Å². The number of ether oxygens (including phenoxy) is 2. The summed E-state index contributed by atoms with van der Waals surface area (Å²) in [7, 11) is 0. The first-order valence-corrected chi connectivity index (χ1v) is 8.92. The molecule has 0 bridgehead atoms. The van der Waals surface area contributed by atoms with E-state index in [-0.39, 0.29) is 24.2 Å². The van der Waals surface area contributed by atoms with Crippen molar-refractivity contribution in [3.05, 3.63) is 54.1 Å². The fourth-order valence-corrected chi connectivity index (χ4v) is 2.76. The largest absolute Gasteiger partial charge is 0.492 e. The van der Waals surface area contributed by atoms with Crippen LogP contribution in [0.3, 0.4) is 0 Å². The van der Waals surface area contributed by atoms with E-state index >= 15 is 0 Å². The van der Waals surface area contributed by atoms with Gasteiger partial charge >= 0.3 is 0 Å². The third-order valence-corrected chi connectivity index (χ3v) is 4.11. The molecule has 7 nitrogen and oxygen atoms in total. The topological polar surface area (TPSA) is 103 Å². The minimum Gasteiger partial charge on any atom is -0.492 e. The summed E-state index contributed by atoms with van der Waals surface area (Å²) in [6.07, 6.45) is 1.19. The van der Waals surface area contributed by atoms with Crippen LogP contribution in [0.1, 0.15) is 23.2 Å². The molecule has 28 heavy (non-hydrogen) atoms. The standard InChI is InChI=1S/C20H23N3O4.ClH/c21-10-12-26-17-8-6-15(7-9-17)22-19(24)14-3-1-4-16(13-14)23-20(25)18-5-2-11-27-18;/h1,3-4,6-9,13,18H,2,5,10-12,21H2,(H,22,24)(H,23,25);1H. The Morgan fingerprint density at radius 3 is 2.57 bits per heavy atom. The molecule has 2 amide bonds. The van der Waals surface area contributed by atoms with Crippen molar-refractivity contribution in [2.75, 3.05) is 30.4 Å². The molecule has 0 aliphatic carbocycles. The first-order valence-electron chi connectivity index (χ1n) is 8.92. The number of hydrogen-bond donors (Lipinski definition) is 3. The fourth-order valence-electron chi connectivity index (χ4n) is 2.76. The van der Waals surface area contributed by atoms with Gasteiger partial charge in [0.2, 0.25) is 0 Å². The van der Waals surface area contributed by atoms with E-state index in [0.29, 0.717) is 42.4 Å². The Bertz CT molecular complexity index is 792. The first kappa shape index (κ1) is 21.7. The van der Waals surface area contributed by atoms with E-state index in [2.05, 4.69) is 10.6 Å². The van der Waals surface area contributed by atoms with Crippen LogP contribution in [-0.2, 0) is 9.53 Å². The van der Waals surface area contributed by atoms with Crippen LogP contribution in [0.4, 0.5) is 11.4 Å². The summed E-state index contributed by atoms with van der Waals surface area (Å²) in [5.41, 5.74) is 7.06. The Balaban J connectivity index is 0.00000280. The lowest BCUT2D eigenvalue weighted by Gasteiger charge is -2.12. The number of carbonyl (C=O) groups is 2. The summed E-state index contributed by atoms with van der Waals surface area (Å²) in [6.45, 7) is 1.49. The maximum atomic E-state index is 12.5. The highest BCUT2D eigenvalue weighted by Crippen LogP contribution is 2.19. The van der Waals surface area contributed by atoms with Crippen molar-refractivity contribution < 1.29 is 19.1 Å². The van der Waals surface area contributed by atoms with E-state index in [1.807, 2.05) is 0 Å². The predicted octanol–water partition coefficient (Wildman–Crippen LogP) is 2.82. The van der Waals surface area contributed by atoms with Gasteiger partial charge in [-0.05, 0) is 55.3 Å². The lowest BCUT2D eigenvalue weighted by Crippen LogP contribution is -2.27. The molecule has 1 atom stereocenters. The molecule has 0 radical (unpaired) electrons. The van der Waals surface area contributed by atoms with Crippen LogP contribution >= 0.6 is 12.4 Å². The van der Waals surface area contributed by atoms with Crippen LogP contribution in [0.25, 0.3) is 0 Å². The molecular weight excluding hydrogens is 382 g/mol. The van der Waals surface area contributed by atoms with Crippen LogP contribution in [0.15, 0.2) is 48.5 Å². The summed E-state index contributed by atoms with van der Waals surface area (Å²) in [5, 5.41) is 5.62. The van der Waals surface area contributed by atoms with Crippen molar-refractivity contribution >= 4 is 35.6 Å². The molecule has 2 aromatic carbocycles. The third kappa shape index (κ3) is 5.95. The Kier molecular flexibility index (Phi) is 8.25. The van der Waals surface area contributed by atoms with Crippen molar-refractivity contribution in [1.82, 2.24) is 0 Å². The van der Waals surface area contributed by atoms with Crippen LogP contribution < -0.4 is 21.1 Å². The van der Waals surface area contributed by atoms with Crippen LogP contribution in [0, 0.1) is 0 Å². The molecule has 0 aromatic heterocycles. The van der Waals surface area contributed by atoms with E-state index in [1.54, 1.807) is 48.5 Å². The summed E-state index contributed by atoms with van der Waals surface area (Å²) in [6, 6.07) is 13.8. The van der Waals surface area contributed by atoms with Gasteiger partial charge < -0.3 is 25.8 Å². The Labute approximate surface area is 170 Å². The van der Waals surface area contributed by atoms with Gasteiger partial charge in [-0.3, -0.25) is 9.59 Å². The van der Waals surface area contributed by atoms with Crippen LogP contribution in [0.5, 0.6) is 5.75 Å². The second kappa shape index (κ2) is 10.7. The van der Waals surface area contributed by atoms with E-state index in [1.165, 1.54) is 0 Å². The van der Waals surface area contributed by atoms with Gasteiger partial charge in [0.05, 0.1) is 0 Å². The van der Waals surface area contributed by atoms with Gasteiger partial charge in [-0.1, -0.05) is 6.07 Å². The molecule has 2 aromatic rings. The van der Waals surface area contributed by atoms with Gasteiger partial charge in [-0.25, -0.2) is 0 Å². The number of carbonyl (C=O) groups excluding carboxylic acids is 2. The summed E-state index contributed by atoms with van der Waals surface area (Å²) in [4.78, 5) is 24.6. The van der Waals surface area contributed by atoms with Crippen molar-refractivity contribution in [2.24, 2.45) is 5.73 Å². The predicted molar refractivity (Wildman–Crippen MR) is 110 cm³/mol. The second-order valence-corrected chi connectivity index (χ2v) is 6.19. The number of hydrogen-bond acceptors (Lipinski definition) is 5. The number of nitrogens with two attached hydrogens (primary N) is 1. The lowest BCUT2D eigenvalue weighted by atomic mass is 10.1. The highest BCUT2D eigenvalue weighted by atomic mass is 35.5. The molecule has 1 aliphatic heterocycles.